The minimum atomic E-state index is -0.880. The van der Waals surface area contributed by atoms with Gasteiger partial charge in [0.25, 0.3) is 0 Å². The Morgan fingerprint density at radius 2 is 1.63 bits per heavy atom. The van der Waals surface area contributed by atoms with E-state index in [4.69, 9.17) is 0 Å². The summed E-state index contributed by atoms with van der Waals surface area (Å²) in [4.78, 5) is 15.8. The normalized spacial score (nSPS) is 11.4. The number of hydrogen-bond acceptors (Lipinski definition) is 4. The van der Waals surface area contributed by atoms with E-state index in [1.54, 1.807) is 26.0 Å². The molecule has 0 aliphatic heterocycles. The van der Waals surface area contributed by atoms with Crippen LogP contribution in [0.2, 0.25) is 0 Å². The number of aromatic nitrogens is 1. The second-order valence-corrected chi connectivity index (χ2v) is 9.09. The Hall–Kier alpha value is -2.25. The summed E-state index contributed by atoms with van der Waals surface area (Å²) in [5.74, 6) is -1.12. The van der Waals surface area contributed by atoms with E-state index in [0.29, 0.717) is 5.13 Å². The third-order valence-electron chi connectivity index (χ3n) is 4.18. The molecule has 3 rings (SSSR count). The average molecular weight is 449 g/mol. The van der Waals surface area contributed by atoms with Gasteiger partial charge in [-0.2, -0.15) is 0 Å². The number of carboxylic acids is 1. The van der Waals surface area contributed by atoms with Crippen LogP contribution in [0.5, 0.6) is 0 Å². The monoisotopic (exact) mass is 448 g/mol. The molecule has 0 unspecified atom stereocenters. The molecule has 0 amide bonds. The van der Waals surface area contributed by atoms with Gasteiger partial charge in [0, 0.05) is 12.1 Å². The lowest BCUT2D eigenvalue weighted by Crippen LogP contribution is -2.31. The molecule has 0 saturated heterocycles. The minimum absolute atomic E-state index is 0.257. The first-order chi connectivity index (χ1) is 12.8. The molecule has 0 radical (unpaired) electrons. The first-order valence-corrected chi connectivity index (χ1v) is 9.87. The van der Waals surface area contributed by atoms with E-state index in [1.807, 2.05) is 24.3 Å². The quantitative estimate of drug-likeness (QED) is 0.492. The van der Waals surface area contributed by atoms with Gasteiger partial charge < -0.3 is 10.4 Å². The van der Waals surface area contributed by atoms with E-state index in [0.717, 1.165) is 26.2 Å². The first-order valence-electron chi connectivity index (χ1n) is 8.26. The Labute approximate surface area is 169 Å². The van der Waals surface area contributed by atoms with E-state index in [1.165, 1.54) is 23.5 Å². The van der Waals surface area contributed by atoms with E-state index in [9.17, 15) is 14.3 Å². The molecule has 0 saturated carbocycles. The zero-order chi connectivity index (χ0) is 19.6. The van der Waals surface area contributed by atoms with Crippen molar-refractivity contribution in [3.05, 3.63) is 58.1 Å². The molecule has 2 aromatic carbocycles. The lowest BCUT2D eigenvalue weighted by atomic mass is 9.94. The van der Waals surface area contributed by atoms with Gasteiger partial charge in [-0.1, -0.05) is 47.7 Å². The Morgan fingerprint density at radius 1 is 1.11 bits per heavy atom. The molecule has 0 fully saturated rings. The van der Waals surface area contributed by atoms with Gasteiger partial charge in [-0.25, -0.2) is 9.37 Å². The number of halogens is 2. The highest BCUT2D eigenvalue weighted by Crippen LogP contribution is 2.36. The van der Waals surface area contributed by atoms with E-state index in [2.05, 4.69) is 26.2 Å². The van der Waals surface area contributed by atoms with Gasteiger partial charge in [-0.15, -0.1) is 0 Å². The molecule has 27 heavy (non-hydrogen) atoms. The smallest absolute Gasteiger partial charge is 0.310 e. The van der Waals surface area contributed by atoms with Crippen LogP contribution in [-0.2, 0) is 4.79 Å². The van der Waals surface area contributed by atoms with Crippen LogP contribution in [-0.4, -0.2) is 22.6 Å². The summed E-state index contributed by atoms with van der Waals surface area (Å²) in [5, 5.41) is 13.0. The molecule has 1 heterocycles. The third kappa shape index (κ3) is 4.54. The third-order valence-corrected chi connectivity index (χ3v) is 5.84. The van der Waals surface area contributed by atoms with Crippen LogP contribution in [0.1, 0.15) is 13.8 Å². The van der Waals surface area contributed by atoms with Crippen LogP contribution in [0.25, 0.3) is 22.4 Å². The van der Waals surface area contributed by atoms with Gasteiger partial charge in [0.1, 0.15) is 5.82 Å². The Morgan fingerprint density at radius 3 is 2.19 bits per heavy atom. The van der Waals surface area contributed by atoms with Crippen molar-refractivity contribution in [1.82, 2.24) is 4.98 Å². The van der Waals surface area contributed by atoms with E-state index < -0.39 is 11.4 Å². The summed E-state index contributed by atoms with van der Waals surface area (Å²) < 4.78 is 13.9. The molecule has 3 aromatic rings. The summed E-state index contributed by atoms with van der Waals surface area (Å²) in [7, 11) is 0. The first kappa shape index (κ1) is 19.5. The highest BCUT2D eigenvalue weighted by molar-refractivity contribution is 9.11. The molecule has 0 atom stereocenters. The SMILES string of the molecule is CC(C)(CNc1nc(-c2ccc(-c3ccc(F)cc3)cc2)c(Br)s1)C(=O)O. The molecule has 1 aromatic heterocycles. The van der Waals surface area contributed by atoms with Gasteiger partial charge in [-0.3, -0.25) is 4.79 Å². The van der Waals surface area contributed by atoms with Crippen LogP contribution >= 0.6 is 27.3 Å². The van der Waals surface area contributed by atoms with Crippen molar-refractivity contribution >= 4 is 38.4 Å². The van der Waals surface area contributed by atoms with Crippen LogP contribution in [0.15, 0.2) is 52.3 Å². The van der Waals surface area contributed by atoms with Crippen LogP contribution in [0.3, 0.4) is 0 Å². The van der Waals surface area contributed by atoms with Crippen molar-refractivity contribution in [3.8, 4) is 22.4 Å². The summed E-state index contributed by atoms with van der Waals surface area (Å²) in [6, 6.07) is 14.2. The zero-order valence-corrected chi connectivity index (χ0v) is 17.2. The molecular formula is C20H18BrFN2O2S. The molecule has 0 aliphatic carbocycles. The van der Waals surface area contributed by atoms with Gasteiger partial charge in [-0.05, 0) is 53.0 Å². The topological polar surface area (TPSA) is 62.2 Å². The predicted octanol–water partition coefficient (Wildman–Crippen LogP) is 5.90. The van der Waals surface area contributed by atoms with Crippen molar-refractivity contribution in [2.75, 3.05) is 11.9 Å². The number of anilines is 1. The molecule has 2 N–H and O–H groups in total. The summed E-state index contributed by atoms with van der Waals surface area (Å²) >= 11 is 4.96. The fourth-order valence-electron chi connectivity index (χ4n) is 2.39. The Bertz CT molecular complexity index is 953. The average Bonchev–Trinajstić information content (AvgIpc) is 3.02. The number of hydrogen-bond donors (Lipinski definition) is 2. The molecule has 140 valence electrons. The number of carboxylic acid groups (broad SMARTS) is 1. The Balaban J connectivity index is 1.78. The molecule has 7 heteroatoms. The van der Waals surface area contributed by atoms with Crippen molar-refractivity contribution in [1.29, 1.82) is 0 Å². The molecule has 0 bridgehead atoms. The second kappa shape index (κ2) is 7.78. The molecule has 0 spiro atoms. The number of thiazole rings is 1. The maximum Gasteiger partial charge on any atom is 0.310 e. The van der Waals surface area contributed by atoms with Crippen molar-refractivity contribution in [2.45, 2.75) is 13.8 Å². The zero-order valence-electron chi connectivity index (χ0n) is 14.8. The predicted molar refractivity (Wildman–Crippen MR) is 111 cm³/mol. The summed E-state index contributed by atoms with van der Waals surface area (Å²) in [5.41, 5.74) is 2.79. The van der Waals surface area contributed by atoms with E-state index >= 15 is 0 Å². The number of nitrogens with one attached hydrogen (secondary N) is 1. The maximum absolute atomic E-state index is 13.1. The highest BCUT2D eigenvalue weighted by Gasteiger charge is 2.27. The number of rotatable bonds is 6. The number of nitrogens with zero attached hydrogens (tertiary/aromatic N) is 1. The fourth-order valence-corrected chi connectivity index (χ4v) is 3.88. The fraction of sp³-hybridized carbons (Fsp3) is 0.200. The molecule has 4 nitrogen and oxygen atoms in total. The summed E-state index contributed by atoms with van der Waals surface area (Å²) in [6.45, 7) is 3.62. The maximum atomic E-state index is 13.1. The number of aliphatic carboxylic acids is 1. The summed E-state index contributed by atoms with van der Waals surface area (Å²) in [6.07, 6.45) is 0. The minimum Gasteiger partial charge on any atom is -0.481 e. The largest absolute Gasteiger partial charge is 0.481 e. The molecule has 0 aliphatic rings. The van der Waals surface area contributed by atoms with Crippen LogP contribution in [0, 0.1) is 11.2 Å². The van der Waals surface area contributed by atoms with Gasteiger partial charge in [0.05, 0.1) is 14.9 Å². The number of carbonyl (C=O) groups is 1. The van der Waals surface area contributed by atoms with Crippen molar-refractivity contribution < 1.29 is 14.3 Å². The standard InChI is InChI=1S/C20H18BrFN2O2S/c1-20(2,18(25)26)11-23-19-24-16(17(21)27-19)14-5-3-12(4-6-14)13-7-9-15(22)10-8-13/h3-10H,11H2,1-2H3,(H,23,24)(H,25,26). The second-order valence-electron chi connectivity index (χ2n) is 6.77. The number of benzene rings is 2. The highest BCUT2D eigenvalue weighted by atomic mass is 79.9. The van der Waals surface area contributed by atoms with Gasteiger partial charge >= 0.3 is 5.97 Å². The van der Waals surface area contributed by atoms with Crippen molar-refractivity contribution in [3.63, 3.8) is 0 Å². The Kier molecular flexibility index (Phi) is 5.62. The van der Waals surface area contributed by atoms with Gasteiger partial charge in [0.15, 0.2) is 5.13 Å². The van der Waals surface area contributed by atoms with Crippen LogP contribution < -0.4 is 5.32 Å². The van der Waals surface area contributed by atoms with E-state index in [-0.39, 0.29) is 12.4 Å². The van der Waals surface area contributed by atoms with Gasteiger partial charge in [0.2, 0.25) is 0 Å². The van der Waals surface area contributed by atoms with Crippen LogP contribution in [0.4, 0.5) is 9.52 Å². The lowest BCUT2D eigenvalue weighted by Gasteiger charge is -2.18. The lowest BCUT2D eigenvalue weighted by molar-refractivity contribution is -0.146. The van der Waals surface area contributed by atoms with Crippen molar-refractivity contribution in [2.24, 2.45) is 5.41 Å². The molecular weight excluding hydrogens is 431 g/mol.